The maximum absolute atomic E-state index is 12.6. The molecule has 148 valence electrons. The van der Waals surface area contributed by atoms with Crippen molar-refractivity contribution in [1.82, 2.24) is 15.2 Å². The minimum absolute atomic E-state index is 0.0194. The standard InChI is InChI=1S/C18H24F3N5O/c1-13(2)17(3,12-22)24-16(27)11-25-6-8-26(9-7-25)15-5-4-14(10-23-15)18(19,20)21/h4-5,10,13H,6-9,11H2,1-3H3,(H,24,27)/t17-/m1/s1. The van der Waals surface area contributed by atoms with Crippen LogP contribution in [0.3, 0.4) is 0 Å². The highest BCUT2D eigenvalue weighted by molar-refractivity contribution is 5.79. The number of hydrogen-bond acceptors (Lipinski definition) is 5. The molecular weight excluding hydrogens is 359 g/mol. The largest absolute Gasteiger partial charge is 0.417 e. The molecule has 1 saturated heterocycles. The molecule has 0 bridgehead atoms. The Bertz CT molecular complexity index is 690. The van der Waals surface area contributed by atoms with E-state index in [1.165, 1.54) is 6.07 Å². The number of alkyl halides is 3. The van der Waals surface area contributed by atoms with Crippen LogP contribution in [0.25, 0.3) is 0 Å². The minimum Gasteiger partial charge on any atom is -0.354 e. The number of piperazine rings is 1. The topological polar surface area (TPSA) is 72.3 Å². The zero-order valence-electron chi connectivity index (χ0n) is 15.7. The molecule has 1 aliphatic heterocycles. The van der Waals surface area contributed by atoms with E-state index in [0.717, 1.165) is 12.3 Å². The van der Waals surface area contributed by atoms with Gasteiger partial charge in [-0.3, -0.25) is 9.69 Å². The van der Waals surface area contributed by atoms with Gasteiger partial charge >= 0.3 is 6.18 Å². The molecule has 0 unspecified atom stereocenters. The molecule has 2 rings (SSSR count). The highest BCUT2D eigenvalue weighted by Gasteiger charge is 2.32. The Labute approximate surface area is 157 Å². The van der Waals surface area contributed by atoms with Crippen molar-refractivity contribution in [3.05, 3.63) is 23.9 Å². The van der Waals surface area contributed by atoms with Crippen LogP contribution in [0.1, 0.15) is 26.3 Å². The van der Waals surface area contributed by atoms with Crippen LogP contribution >= 0.6 is 0 Å². The summed E-state index contributed by atoms with van der Waals surface area (Å²) in [6, 6.07) is 4.53. The van der Waals surface area contributed by atoms with E-state index in [9.17, 15) is 23.2 Å². The van der Waals surface area contributed by atoms with Crippen molar-refractivity contribution >= 4 is 11.7 Å². The summed E-state index contributed by atoms with van der Waals surface area (Å²) in [5.41, 5.74) is -1.68. The average molecular weight is 383 g/mol. The van der Waals surface area contributed by atoms with Crippen molar-refractivity contribution < 1.29 is 18.0 Å². The molecule has 1 aliphatic rings. The number of hydrogen-bond donors (Lipinski definition) is 1. The summed E-state index contributed by atoms with van der Waals surface area (Å²) in [7, 11) is 0. The zero-order valence-corrected chi connectivity index (χ0v) is 15.7. The molecule has 0 aliphatic carbocycles. The predicted molar refractivity (Wildman–Crippen MR) is 94.9 cm³/mol. The highest BCUT2D eigenvalue weighted by atomic mass is 19.4. The predicted octanol–water partition coefficient (Wildman–Crippen LogP) is 2.28. The molecule has 9 heteroatoms. The molecule has 1 aromatic rings. The second-order valence-electron chi connectivity index (χ2n) is 7.18. The zero-order chi connectivity index (χ0) is 20.2. The van der Waals surface area contributed by atoms with E-state index in [1.807, 2.05) is 23.6 Å². The van der Waals surface area contributed by atoms with Crippen LogP contribution in [0.2, 0.25) is 0 Å². The van der Waals surface area contributed by atoms with E-state index >= 15 is 0 Å². The van der Waals surface area contributed by atoms with Crippen molar-refractivity contribution in [2.45, 2.75) is 32.5 Å². The Kier molecular flexibility index (Phi) is 6.31. The van der Waals surface area contributed by atoms with Crippen molar-refractivity contribution in [1.29, 1.82) is 5.26 Å². The van der Waals surface area contributed by atoms with E-state index in [4.69, 9.17) is 0 Å². The normalized spacial score (nSPS) is 18.1. The van der Waals surface area contributed by atoms with Gasteiger partial charge < -0.3 is 10.2 Å². The van der Waals surface area contributed by atoms with E-state index in [-0.39, 0.29) is 18.4 Å². The van der Waals surface area contributed by atoms with Crippen LogP contribution in [0.5, 0.6) is 0 Å². The van der Waals surface area contributed by atoms with Crippen LogP contribution in [-0.4, -0.2) is 54.1 Å². The van der Waals surface area contributed by atoms with Gasteiger partial charge in [-0.05, 0) is 25.0 Å². The molecule has 0 spiro atoms. The van der Waals surface area contributed by atoms with Crippen LogP contribution in [0.4, 0.5) is 19.0 Å². The average Bonchev–Trinajstić information content (AvgIpc) is 2.61. The Morgan fingerprint density at radius 1 is 1.30 bits per heavy atom. The highest BCUT2D eigenvalue weighted by Crippen LogP contribution is 2.29. The quantitative estimate of drug-likeness (QED) is 0.845. The van der Waals surface area contributed by atoms with Crippen LogP contribution < -0.4 is 10.2 Å². The first-order valence-electron chi connectivity index (χ1n) is 8.78. The van der Waals surface area contributed by atoms with Gasteiger partial charge in [-0.25, -0.2) is 4.98 Å². The lowest BCUT2D eigenvalue weighted by Crippen LogP contribution is -2.54. The summed E-state index contributed by atoms with van der Waals surface area (Å²) in [5.74, 6) is 0.256. The van der Waals surface area contributed by atoms with Gasteiger partial charge in [-0.1, -0.05) is 13.8 Å². The lowest BCUT2D eigenvalue weighted by Gasteiger charge is -2.36. The SMILES string of the molecule is CC(C)[C@@](C)(C#N)NC(=O)CN1CCN(c2ccc(C(F)(F)F)cn2)CC1. The molecule has 6 nitrogen and oxygen atoms in total. The fourth-order valence-corrected chi connectivity index (χ4v) is 2.71. The molecule has 1 atom stereocenters. The molecule has 0 radical (unpaired) electrons. The second kappa shape index (κ2) is 8.13. The minimum atomic E-state index is -4.40. The molecule has 1 aromatic heterocycles. The number of anilines is 1. The van der Waals surface area contributed by atoms with Gasteiger partial charge in [0.05, 0.1) is 18.2 Å². The summed E-state index contributed by atoms with van der Waals surface area (Å²) in [5, 5.41) is 12.1. The Hall–Kier alpha value is -2.34. The summed E-state index contributed by atoms with van der Waals surface area (Å²) in [6.45, 7) is 7.92. The molecule has 2 heterocycles. The summed E-state index contributed by atoms with van der Waals surface area (Å²) in [6.07, 6.45) is -3.56. The number of pyridine rings is 1. The summed E-state index contributed by atoms with van der Waals surface area (Å²) in [4.78, 5) is 20.0. The molecule has 0 saturated carbocycles. The first kappa shape index (κ1) is 21.0. The smallest absolute Gasteiger partial charge is 0.354 e. The summed E-state index contributed by atoms with van der Waals surface area (Å²) < 4.78 is 37.8. The fraction of sp³-hybridized carbons (Fsp3) is 0.611. The van der Waals surface area contributed by atoms with Crippen molar-refractivity contribution in [3.63, 3.8) is 0 Å². The number of halogens is 3. The van der Waals surface area contributed by atoms with Gasteiger partial charge in [0, 0.05) is 32.4 Å². The van der Waals surface area contributed by atoms with Gasteiger partial charge in [0.25, 0.3) is 0 Å². The number of nitrogens with zero attached hydrogens (tertiary/aromatic N) is 4. The lowest BCUT2D eigenvalue weighted by atomic mass is 9.90. The van der Waals surface area contributed by atoms with E-state index in [0.29, 0.717) is 32.0 Å². The van der Waals surface area contributed by atoms with Gasteiger partial charge in [0.2, 0.25) is 5.91 Å². The van der Waals surface area contributed by atoms with Crippen LogP contribution in [0, 0.1) is 17.2 Å². The Balaban J connectivity index is 1.87. The first-order valence-corrected chi connectivity index (χ1v) is 8.78. The van der Waals surface area contributed by atoms with E-state index in [2.05, 4.69) is 16.4 Å². The summed E-state index contributed by atoms with van der Waals surface area (Å²) >= 11 is 0. The lowest BCUT2D eigenvalue weighted by molar-refractivity contribution is -0.137. The molecule has 1 amide bonds. The van der Waals surface area contributed by atoms with Crippen molar-refractivity contribution in [2.24, 2.45) is 5.92 Å². The third kappa shape index (κ3) is 5.32. The van der Waals surface area contributed by atoms with E-state index in [1.54, 1.807) is 6.92 Å². The van der Waals surface area contributed by atoms with Crippen molar-refractivity contribution in [3.8, 4) is 6.07 Å². The van der Waals surface area contributed by atoms with Gasteiger partial charge in [-0.15, -0.1) is 0 Å². The number of nitriles is 1. The number of nitrogens with one attached hydrogen (secondary N) is 1. The number of aromatic nitrogens is 1. The first-order chi connectivity index (χ1) is 12.5. The number of amides is 1. The van der Waals surface area contributed by atoms with Gasteiger partial charge in [0.1, 0.15) is 11.4 Å². The number of rotatable bonds is 5. The second-order valence-corrected chi connectivity index (χ2v) is 7.18. The van der Waals surface area contributed by atoms with Crippen molar-refractivity contribution in [2.75, 3.05) is 37.6 Å². The molecule has 1 N–H and O–H groups in total. The third-order valence-corrected chi connectivity index (χ3v) is 4.92. The Morgan fingerprint density at radius 2 is 1.93 bits per heavy atom. The maximum atomic E-state index is 12.6. The van der Waals surface area contributed by atoms with Crippen LogP contribution in [-0.2, 0) is 11.0 Å². The monoisotopic (exact) mass is 383 g/mol. The molecule has 1 fully saturated rings. The molecular formula is C18H24F3N5O. The third-order valence-electron chi connectivity index (χ3n) is 4.92. The molecule has 27 heavy (non-hydrogen) atoms. The maximum Gasteiger partial charge on any atom is 0.417 e. The van der Waals surface area contributed by atoms with E-state index < -0.39 is 17.3 Å². The Morgan fingerprint density at radius 3 is 2.37 bits per heavy atom. The number of carbonyl (C=O) groups excluding carboxylic acids is 1. The molecule has 0 aromatic carbocycles. The fourth-order valence-electron chi connectivity index (χ4n) is 2.71. The number of carbonyl (C=O) groups is 1. The van der Waals surface area contributed by atoms with Gasteiger partial charge in [0.15, 0.2) is 0 Å². The van der Waals surface area contributed by atoms with Crippen LogP contribution in [0.15, 0.2) is 18.3 Å². The van der Waals surface area contributed by atoms with Gasteiger partial charge in [-0.2, -0.15) is 18.4 Å².